The average Bonchev–Trinajstić information content (AvgIpc) is 3.58. The number of hydrogen-bond donors (Lipinski definition) is 0. The highest BCUT2D eigenvalue weighted by atomic mass is 15.0. The quantitative estimate of drug-likeness (QED) is 0.217. The highest BCUT2D eigenvalue weighted by Gasteiger charge is 2.27. The van der Waals surface area contributed by atoms with E-state index in [1.165, 1.54) is 71.7 Å². The van der Waals surface area contributed by atoms with Crippen LogP contribution >= 0.6 is 0 Å². The molecule has 0 fully saturated rings. The van der Waals surface area contributed by atoms with Gasteiger partial charge in [0.05, 0.1) is 16.6 Å². The summed E-state index contributed by atoms with van der Waals surface area (Å²) in [7, 11) is 0. The first-order chi connectivity index (χ1) is 17.3. The minimum Gasteiger partial charge on any atom is -0.292 e. The molecule has 0 saturated heterocycles. The summed E-state index contributed by atoms with van der Waals surface area (Å²) in [5.41, 5.74) is 15.9. The van der Waals surface area contributed by atoms with Crippen LogP contribution in [0.4, 0.5) is 0 Å². The van der Waals surface area contributed by atoms with Gasteiger partial charge in [0.2, 0.25) is 0 Å². The Labute approximate surface area is 202 Å². The van der Waals surface area contributed by atoms with Crippen molar-refractivity contribution in [3.05, 3.63) is 119 Å². The zero-order valence-electron chi connectivity index (χ0n) is 19.0. The topological polar surface area (TPSA) is 17.3 Å². The van der Waals surface area contributed by atoms with Gasteiger partial charge in [-0.05, 0) is 99.1 Å². The van der Waals surface area contributed by atoms with Gasteiger partial charge in [-0.25, -0.2) is 4.98 Å². The van der Waals surface area contributed by atoms with Gasteiger partial charge in [0.15, 0.2) is 0 Å². The molecule has 0 amide bonds. The van der Waals surface area contributed by atoms with Crippen molar-refractivity contribution in [2.75, 3.05) is 0 Å². The second-order valence-corrected chi connectivity index (χ2v) is 9.97. The van der Waals surface area contributed by atoms with Crippen molar-refractivity contribution in [3.8, 4) is 22.3 Å². The van der Waals surface area contributed by atoms with E-state index in [2.05, 4.69) is 101 Å². The number of nitrogens with zero attached hydrogens (tertiary/aromatic N) is 2. The third-order valence-corrected chi connectivity index (χ3v) is 8.20. The van der Waals surface area contributed by atoms with E-state index in [1.807, 2.05) is 0 Å². The highest BCUT2D eigenvalue weighted by Crippen LogP contribution is 2.48. The van der Waals surface area contributed by atoms with Crippen molar-refractivity contribution in [1.29, 1.82) is 0 Å². The fourth-order valence-electron chi connectivity index (χ4n) is 6.72. The number of rotatable bonds is 0. The summed E-state index contributed by atoms with van der Waals surface area (Å²) in [6.07, 6.45) is 2.00. The van der Waals surface area contributed by atoms with E-state index in [1.54, 1.807) is 0 Å². The monoisotopic (exact) mass is 444 g/mol. The zero-order valence-corrected chi connectivity index (χ0v) is 19.0. The smallest absolute Gasteiger partial charge is 0.146 e. The lowest BCUT2D eigenvalue weighted by molar-refractivity contribution is 1.25. The lowest BCUT2D eigenvalue weighted by Crippen LogP contribution is -1.94. The van der Waals surface area contributed by atoms with Gasteiger partial charge in [-0.15, -0.1) is 0 Å². The maximum absolute atomic E-state index is 5.11. The molecule has 0 N–H and O–H groups in total. The number of benzene rings is 5. The van der Waals surface area contributed by atoms with Gasteiger partial charge in [-0.2, -0.15) is 0 Å². The molecule has 7 aromatic rings. The third-order valence-electron chi connectivity index (χ3n) is 8.20. The molecule has 2 heteroatoms. The fraction of sp³-hybridized carbons (Fsp3) is 0.0606. The van der Waals surface area contributed by atoms with E-state index in [4.69, 9.17) is 4.98 Å². The van der Waals surface area contributed by atoms with Crippen LogP contribution in [0.15, 0.2) is 97.1 Å². The van der Waals surface area contributed by atoms with Crippen LogP contribution in [0.1, 0.15) is 22.3 Å². The first-order valence-corrected chi connectivity index (χ1v) is 12.3. The first-order valence-electron chi connectivity index (χ1n) is 12.3. The van der Waals surface area contributed by atoms with E-state index in [-0.39, 0.29) is 0 Å². The summed E-state index contributed by atoms with van der Waals surface area (Å²) in [5, 5.41) is 3.91. The lowest BCUT2D eigenvalue weighted by atomic mass is 9.96. The van der Waals surface area contributed by atoms with Crippen molar-refractivity contribution < 1.29 is 0 Å². The Morgan fingerprint density at radius 3 is 2.23 bits per heavy atom. The van der Waals surface area contributed by atoms with Gasteiger partial charge in [0.1, 0.15) is 5.65 Å². The molecular formula is C33H20N2. The van der Waals surface area contributed by atoms with E-state index in [0.29, 0.717) is 0 Å². The fourth-order valence-corrected chi connectivity index (χ4v) is 6.72. The van der Waals surface area contributed by atoms with Crippen molar-refractivity contribution in [3.63, 3.8) is 0 Å². The maximum Gasteiger partial charge on any atom is 0.146 e. The summed E-state index contributed by atoms with van der Waals surface area (Å²) in [5.74, 6) is 0. The molecule has 2 nitrogen and oxygen atoms in total. The predicted octanol–water partition coefficient (Wildman–Crippen LogP) is 7.94. The van der Waals surface area contributed by atoms with Gasteiger partial charge >= 0.3 is 0 Å². The van der Waals surface area contributed by atoms with E-state index in [9.17, 15) is 0 Å². The highest BCUT2D eigenvalue weighted by molar-refractivity contribution is 6.17. The summed E-state index contributed by atoms with van der Waals surface area (Å²) in [6, 6.07) is 35.7. The lowest BCUT2D eigenvalue weighted by Gasteiger charge is -2.13. The molecule has 2 aromatic heterocycles. The molecule has 2 heterocycles. The second kappa shape index (κ2) is 6.17. The van der Waals surface area contributed by atoms with Gasteiger partial charge in [0, 0.05) is 10.8 Å². The van der Waals surface area contributed by atoms with Crippen molar-refractivity contribution >= 4 is 38.4 Å². The number of hydrogen-bond acceptors (Lipinski definition) is 1. The molecule has 0 bridgehead atoms. The normalized spacial score (nSPS) is 13.5. The Morgan fingerprint density at radius 1 is 0.543 bits per heavy atom. The molecule has 0 atom stereocenters. The summed E-state index contributed by atoms with van der Waals surface area (Å²) < 4.78 is 2.34. The minimum atomic E-state index is 0.970. The van der Waals surface area contributed by atoms with Crippen LogP contribution in [-0.4, -0.2) is 9.38 Å². The van der Waals surface area contributed by atoms with Gasteiger partial charge in [0.25, 0.3) is 0 Å². The molecule has 0 saturated carbocycles. The van der Waals surface area contributed by atoms with Crippen LogP contribution in [0.25, 0.3) is 60.6 Å². The largest absolute Gasteiger partial charge is 0.292 e. The molecule has 0 aliphatic heterocycles. The molecule has 2 aliphatic carbocycles. The zero-order chi connectivity index (χ0) is 22.7. The predicted molar refractivity (Wildman–Crippen MR) is 144 cm³/mol. The van der Waals surface area contributed by atoms with Crippen molar-refractivity contribution in [2.45, 2.75) is 12.8 Å². The summed E-state index contributed by atoms with van der Waals surface area (Å²) in [4.78, 5) is 5.11. The molecule has 0 spiro atoms. The molecule has 2 aliphatic rings. The Hall–Kier alpha value is -4.43. The van der Waals surface area contributed by atoms with Crippen molar-refractivity contribution in [2.24, 2.45) is 0 Å². The second-order valence-electron chi connectivity index (χ2n) is 9.97. The number of para-hydroxylation sites is 3. The van der Waals surface area contributed by atoms with Crippen LogP contribution in [-0.2, 0) is 12.8 Å². The van der Waals surface area contributed by atoms with Crippen LogP contribution in [0.3, 0.4) is 0 Å². The van der Waals surface area contributed by atoms with E-state index >= 15 is 0 Å². The number of fused-ring (bicyclic) bond motifs is 15. The summed E-state index contributed by atoms with van der Waals surface area (Å²) in [6.45, 7) is 0. The minimum absolute atomic E-state index is 0.970. The van der Waals surface area contributed by atoms with Crippen LogP contribution in [0.2, 0.25) is 0 Å². The molecule has 162 valence electrons. The van der Waals surface area contributed by atoms with Crippen LogP contribution in [0.5, 0.6) is 0 Å². The third kappa shape index (κ3) is 2.18. The summed E-state index contributed by atoms with van der Waals surface area (Å²) >= 11 is 0. The molecule has 0 radical (unpaired) electrons. The van der Waals surface area contributed by atoms with E-state index in [0.717, 1.165) is 24.0 Å². The van der Waals surface area contributed by atoms with Crippen molar-refractivity contribution in [1.82, 2.24) is 9.38 Å². The van der Waals surface area contributed by atoms with E-state index < -0.39 is 0 Å². The van der Waals surface area contributed by atoms with Gasteiger partial charge in [-0.1, -0.05) is 60.7 Å². The molecular weight excluding hydrogens is 424 g/mol. The molecule has 9 rings (SSSR count). The Balaban J connectivity index is 1.38. The van der Waals surface area contributed by atoms with Gasteiger partial charge < -0.3 is 0 Å². The molecule has 5 aromatic carbocycles. The number of aromatic nitrogens is 2. The maximum atomic E-state index is 5.11. The van der Waals surface area contributed by atoms with Gasteiger partial charge in [-0.3, -0.25) is 4.40 Å². The molecule has 35 heavy (non-hydrogen) atoms. The number of pyridine rings is 1. The Morgan fingerprint density at radius 2 is 1.29 bits per heavy atom. The van der Waals surface area contributed by atoms with Crippen LogP contribution < -0.4 is 0 Å². The average molecular weight is 445 g/mol. The standard InChI is InChI=1S/C33H20N2/c1-2-8-22-19(7-1)15-20-16-27-21(17-26(20)22)18-28-23(27)13-14-25-32(28)24-9-3-5-11-30(24)35-31-12-6-4-10-29(31)34-33(25)35/h1-14,16-17H,15,18H2. The first kappa shape index (κ1) is 18.0. The number of imidazole rings is 1. The SMILES string of the molecule is c1ccc2c(c1)Cc1cc3c(cc1-2)Cc1c-3ccc2c1c1ccccc1n1c3ccccc3nc21. The Kier molecular flexibility index (Phi) is 3.16. The molecule has 0 unspecified atom stereocenters. The van der Waals surface area contributed by atoms with Crippen LogP contribution in [0, 0.1) is 0 Å². The Bertz CT molecular complexity index is 2060.